The van der Waals surface area contributed by atoms with Gasteiger partial charge < -0.3 is 5.73 Å². The van der Waals surface area contributed by atoms with Crippen molar-refractivity contribution in [2.24, 2.45) is 23.5 Å². The minimum atomic E-state index is -0.727. The molecule has 1 aliphatic rings. The lowest BCUT2D eigenvalue weighted by Crippen LogP contribution is -2.47. The van der Waals surface area contributed by atoms with E-state index in [1.807, 2.05) is 0 Å². The average Bonchev–Trinajstić information content (AvgIpc) is 2.12. The molecular formula is C13H27NOS. The van der Waals surface area contributed by atoms with Crippen LogP contribution in [0.5, 0.6) is 0 Å². The van der Waals surface area contributed by atoms with Gasteiger partial charge in [0.2, 0.25) is 0 Å². The van der Waals surface area contributed by atoms with Crippen molar-refractivity contribution in [1.29, 1.82) is 0 Å². The number of hydrogen-bond acceptors (Lipinski definition) is 2. The fraction of sp³-hybridized carbons (Fsp3) is 1.00. The largest absolute Gasteiger partial charge is 0.327 e. The van der Waals surface area contributed by atoms with Crippen LogP contribution >= 0.6 is 0 Å². The molecule has 0 bridgehead atoms. The molecule has 1 saturated carbocycles. The molecule has 0 aromatic carbocycles. The Balaban J connectivity index is 2.53. The summed E-state index contributed by atoms with van der Waals surface area (Å²) < 4.78 is 12.3. The highest BCUT2D eigenvalue weighted by Crippen LogP contribution is 2.31. The van der Waals surface area contributed by atoms with Crippen molar-refractivity contribution in [1.82, 2.24) is 0 Å². The summed E-state index contributed by atoms with van der Waals surface area (Å²) in [6, 6.07) is 0.145. The highest BCUT2D eigenvalue weighted by Gasteiger charge is 2.35. The van der Waals surface area contributed by atoms with Crippen molar-refractivity contribution in [2.45, 2.75) is 58.2 Å². The highest BCUT2D eigenvalue weighted by molar-refractivity contribution is 7.85. The van der Waals surface area contributed by atoms with Crippen LogP contribution in [0.2, 0.25) is 0 Å². The highest BCUT2D eigenvalue weighted by atomic mass is 32.2. The Kier molecular flexibility index (Phi) is 5.45. The molecule has 5 unspecified atom stereocenters. The van der Waals surface area contributed by atoms with E-state index in [1.165, 1.54) is 6.42 Å². The first-order valence-corrected chi connectivity index (χ1v) is 7.92. The van der Waals surface area contributed by atoms with E-state index in [-0.39, 0.29) is 11.3 Å². The second-order valence-corrected chi connectivity index (χ2v) is 7.66. The molecule has 0 aromatic heterocycles. The minimum absolute atomic E-state index is 0.145. The van der Waals surface area contributed by atoms with E-state index >= 15 is 0 Å². The fourth-order valence-corrected chi connectivity index (χ4v) is 4.93. The quantitative estimate of drug-likeness (QED) is 0.827. The molecule has 0 amide bonds. The van der Waals surface area contributed by atoms with Gasteiger partial charge >= 0.3 is 0 Å². The first-order chi connectivity index (χ1) is 7.41. The number of rotatable bonds is 4. The molecule has 1 aliphatic carbocycles. The molecule has 0 heterocycles. The third kappa shape index (κ3) is 3.85. The second kappa shape index (κ2) is 6.15. The molecule has 0 aromatic rings. The summed E-state index contributed by atoms with van der Waals surface area (Å²) in [6.07, 6.45) is 3.28. The van der Waals surface area contributed by atoms with Crippen molar-refractivity contribution in [3.63, 3.8) is 0 Å². The predicted octanol–water partition coefficient (Wildman–Crippen LogP) is 2.54. The lowest BCUT2D eigenvalue weighted by molar-refractivity contribution is 0.275. The lowest BCUT2D eigenvalue weighted by Gasteiger charge is -2.37. The molecule has 2 nitrogen and oxygen atoms in total. The summed E-state index contributed by atoms with van der Waals surface area (Å²) in [5, 5.41) is 0.231. The van der Waals surface area contributed by atoms with Gasteiger partial charge in [-0.05, 0) is 37.0 Å². The van der Waals surface area contributed by atoms with Crippen LogP contribution in [0.3, 0.4) is 0 Å². The molecule has 16 heavy (non-hydrogen) atoms. The number of hydrogen-bond donors (Lipinski definition) is 1. The van der Waals surface area contributed by atoms with Crippen molar-refractivity contribution in [3.8, 4) is 0 Å². The zero-order valence-corrected chi connectivity index (χ0v) is 11.9. The van der Waals surface area contributed by atoms with E-state index in [9.17, 15) is 4.21 Å². The van der Waals surface area contributed by atoms with Crippen LogP contribution < -0.4 is 5.73 Å². The Morgan fingerprint density at radius 1 is 1.31 bits per heavy atom. The van der Waals surface area contributed by atoms with E-state index < -0.39 is 10.8 Å². The summed E-state index contributed by atoms with van der Waals surface area (Å²) in [5.74, 6) is 2.68. The van der Waals surface area contributed by atoms with Gasteiger partial charge in [0.1, 0.15) is 0 Å². The molecule has 1 fully saturated rings. The van der Waals surface area contributed by atoms with Crippen LogP contribution in [-0.2, 0) is 10.8 Å². The Labute approximate surface area is 103 Å². The molecule has 96 valence electrons. The maximum absolute atomic E-state index is 12.3. The molecule has 0 aliphatic heterocycles. The predicted molar refractivity (Wildman–Crippen MR) is 71.8 cm³/mol. The van der Waals surface area contributed by atoms with E-state index in [0.29, 0.717) is 17.8 Å². The smallest absolute Gasteiger partial charge is 0.0524 e. The standard InChI is InChI=1S/C13H27NOS/c1-9(2)5-6-16(15)13-11(4)7-10(3)8-12(13)14/h9-13H,5-8,14H2,1-4H3. The summed E-state index contributed by atoms with van der Waals surface area (Å²) in [4.78, 5) is 0. The van der Waals surface area contributed by atoms with Crippen LogP contribution in [0.15, 0.2) is 0 Å². The molecule has 3 heteroatoms. The van der Waals surface area contributed by atoms with Crippen LogP contribution in [-0.4, -0.2) is 21.3 Å². The fourth-order valence-electron chi connectivity index (χ4n) is 2.83. The molecule has 0 radical (unpaired) electrons. The molecule has 0 saturated heterocycles. The Morgan fingerprint density at radius 2 is 1.94 bits per heavy atom. The lowest BCUT2D eigenvalue weighted by atomic mass is 9.80. The first kappa shape index (κ1) is 14.2. The summed E-state index contributed by atoms with van der Waals surface area (Å²) in [6.45, 7) is 8.84. The van der Waals surface area contributed by atoms with Gasteiger partial charge in [-0.3, -0.25) is 4.21 Å². The Morgan fingerprint density at radius 3 is 2.44 bits per heavy atom. The maximum atomic E-state index is 12.3. The number of nitrogens with two attached hydrogens (primary N) is 1. The van der Waals surface area contributed by atoms with Gasteiger partial charge in [-0.1, -0.05) is 27.7 Å². The summed E-state index contributed by atoms with van der Waals surface area (Å²) in [5.41, 5.74) is 6.17. The van der Waals surface area contributed by atoms with Crippen molar-refractivity contribution in [3.05, 3.63) is 0 Å². The van der Waals surface area contributed by atoms with Crippen LogP contribution in [0.4, 0.5) is 0 Å². The van der Waals surface area contributed by atoms with E-state index in [4.69, 9.17) is 5.73 Å². The van der Waals surface area contributed by atoms with Gasteiger partial charge in [0.25, 0.3) is 0 Å². The van der Waals surface area contributed by atoms with Crippen LogP contribution in [0.1, 0.15) is 47.0 Å². The van der Waals surface area contributed by atoms with Crippen LogP contribution in [0.25, 0.3) is 0 Å². The van der Waals surface area contributed by atoms with Gasteiger partial charge in [-0.15, -0.1) is 0 Å². The Hall–Kier alpha value is 0.110. The van der Waals surface area contributed by atoms with Gasteiger partial charge in [-0.2, -0.15) is 0 Å². The minimum Gasteiger partial charge on any atom is -0.327 e. The van der Waals surface area contributed by atoms with Gasteiger partial charge in [0.15, 0.2) is 0 Å². The SMILES string of the molecule is CC(C)CCS(=O)C1C(C)CC(C)CC1N. The second-order valence-electron chi connectivity index (χ2n) is 5.95. The van der Waals surface area contributed by atoms with Crippen molar-refractivity contribution < 1.29 is 4.21 Å². The van der Waals surface area contributed by atoms with Crippen molar-refractivity contribution >= 4 is 10.8 Å². The van der Waals surface area contributed by atoms with E-state index in [2.05, 4.69) is 27.7 Å². The summed E-state index contributed by atoms with van der Waals surface area (Å²) >= 11 is 0. The third-order valence-corrected chi connectivity index (χ3v) is 5.69. The molecule has 1 rings (SSSR count). The normalized spacial score (nSPS) is 37.6. The molecular weight excluding hydrogens is 218 g/mol. The monoisotopic (exact) mass is 245 g/mol. The average molecular weight is 245 g/mol. The van der Waals surface area contributed by atoms with Gasteiger partial charge in [0, 0.05) is 22.6 Å². The third-order valence-electron chi connectivity index (χ3n) is 3.63. The molecule has 2 N–H and O–H groups in total. The van der Waals surface area contributed by atoms with E-state index in [1.54, 1.807) is 0 Å². The van der Waals surface area contributed by atoms with E-state index in [0.717, 1.165) is 18.6 Å². The zero-order chi connectivity index (χ0) is 12.3. The molecule has 5 atom stereocenters. The first-order valence-electron chi connectivity index (χ1n) is 6.54. The van der Waals surface area contributed by atoms with Gasteiger partial charge in [0.05, 0.1) is 5.25 Å². The zero-order valence-electron chi connectivity index (χ0n) is 11.1. The van der Waals surface area contributed by atoms with Gasteiger partial charge in [-0.25, -0.2) is 0 Å². The van der Waals surface area contributed by atoms with Crippen molar-refractivity contribution in [2.75, 3.05) is 5.75 Å². The summed E-state index contributed by atoms with van der Waals surface area (Å²) in [7, 11) is -0.727. The van der Waals surface area contributed by atoms with Crippen LogP contribution in [0, 0.1) is 17.8 Å². The topological polar surface area (TPSA) is 43.1 Å². The molecule has 0 spiro atoms. The Bertz CT molecular complexity index is 230. The maximum Gasteiger partial charge on any atom is 0.0524 e.